The molecule has 4 nitrogen and oxygen atoms in total. The normalized spacial score (nSPS) is 11.6. The van der Waals surface area contributed by atoms with Crippen LogP contribution in [-0.2, 0) is 0 Å². The molecule has 0 bridgehead atoms. The van der Waals surface area contributed by atoms with Gasteiger partial charge in [0.1, 0.15) is 6.33 Å². The highest BCUT2D eigenvalue weighted by atomic mass is 32.1. The van der Waals surface area contributed by atoms with Crippen LogP contribution in [0, 0.1) is 0 Å². The van der Waals surface area contributed by atoms with Crippen molar-refractivity contribution >= 4 is 16.7 Å². The van der Waals surface area contributed by atoms with Crippen molar-refractivity contribution in [3.8, 4) is 0 Å². The molecule has 0 aromatic carbocycles. The summed E-state index contributed by atoms with van der Waals surface area (Å²) < 4.78 is 28.7. The minimum absolute atomic E-state index is 0.378. The summed E-state index contributed by atoms with van der Waals surface area (Å²) in [4.78, 5) is 3.68. The Labute approximate surface area is 72.0 Å². The van der Waals surface area contributed by atoms with Crippen LogP contribution in [0.25, 0.3) is 0 Å². The van der Waals surface area contributed by atoms with Crippen molar-refractivity contribution in [1.82, 2.24) is 9.36 Å². The number of hydrogen-bond donors (Lipinski definition) is 2. The van der Waals surface area contributed by atoms with Crippen molar-refractivity contribution in [3.05, 3.63) is 6.33 Å². The number of nitrogens with one attached hydrogen (secondary N) is 1. The fraction of sp³-hybridized carbons (Fsp3) is 0.600. The molecule has 12 heavy (non-hydrogen) atoms. The molecule has 0 saturated carbocycles. The van der Waals surface area contributed by atoms with Gasteiger partial charge in [0.2, 0.25) is 5.13 Å². The Morgan fingerprint density at radius 1 is 1.67 bits per heavy atom. The monoisotopic (exact) mass is 194 g/mol. The Morgan fingerprint density at radius 2 is 2.42 bits per heavy atom. The van der Waals surface area contributed by atoms with Crippen molar-refractivity contribution in [2.45, 2.75) is 5.92 Å². The second kappa shape index (κ2) is 3.72. The average molecular weight is 194 g/mol. The van der Waals surface area contributed by atoms with E-state index >= 15 is 0 Å². The van der Waals surface area contributed by atoms with Crippen LogP contribution in [0.5, 0.6) is 0 Å². The first-order chi connectivity index (χ1) is 5.64. The lowest BCUT2D eigenvalue weighted by molar-refractivity contribution is 0.0254. The Bertz CT molecular complexity index is 225. The molecular formula is C5H8F2N4S. The van der Waals surface area contributed by atoms with Crippen molar-refractivity contribution in [3.63, 3.8) is 0 Å². The van der Waals surface area contributed by atoms with Crippen LogP contribution >= 0.6 is 11.5 Å². The van der Waals surface area contributed by atoms with E-state index < -0.39 is 19.0 Å². The Morgan fingerprint density at radius 3 is 2.92 bits per heavy atom. The minimum atomic E-state index is -2.88. The first-order valence-corrected chi connectivity index (χ1v) is 4.00. The highest BCUT2D eigenvalue weighted by molar-refractivity contribution is 7.09. The number of anilines is 1. The van der Waals surface area contributed by atoms with Gasteiger partial charge in [-0.2, -0.15) is 4.37 Å². The molecule has 68 valence electrons. The van der Waals surface area contributed by atoms with Gasteiger partial charge >= 0.3 is 0 Å². The van der Waals surface area contributed by atoms with Crippen molar-refractivity contribution in [2.24, 2.45) is 5.73 Å². The standard InChI is InChI=1S/C5H8F2N4S/c6-5(7,1-8)2-9-4-10-3-11-12-4/h3H,1-2,8H2,(H,9,10,11). The van der Waals surface area contributed by atoms with Gasteiger partial charge in [0.15, 0.2) is 0 Å². The summed E-state index contributed by atoms with van der Waals surface area (Å²) in [5.74, 6) is -2.88. The third kappa shape index (κ3) is 2.67. The topological polar surface area (TPSA) is 63.8 Å². The summed E-state index contributed by atoms with van der Waals surface area (Å²) in [5.41, 5.74) is 4.82. The van der Waals surface area contributed by atoms with E-state index in [9.17, 15) is 8.78 Å². The lowest BCUT2D eigenvalue weighted by Gasteiger charge is -2.13. The number of hydrogen-bond acceptors (Lipinski definition) is 5. The summed E-state index contributed by atoms with van der Waals surface area (Å²) in [7, 11) is 0. The van der Waals surface area contributed by atoms with Crippen LogP contribution in [-0.4, -0.2) is 28.4 Å². The van der Waals surface area contributed by atoms with Crippen LogP contribution in [0.1, 0.15) is 0 Å². The van der Waals surface area contributed by atoms with E-state index in [4.69, 9.17) is 5.73 Å². The van der Waals surface area contributed by atoms with E-state index in [-0.39, 0.29) is 0 Å². The molecule has 7 heteroatoms. The smallest absolute Gasteiger partial charge is 0.276 e. The van der Waals surface area contributed by atoms with Gasteiger partial charge in [-0.1, -0.05) is 0 Å². The number of nitrogens with zero attached hydrogens (tertiary/aromatic N) is 2. The molecule has 0 aliphatic carbocycles. The molecule has 1 rings (SSSR count). The molecule has 0 amide bonds. The van der Waals surface area contributed by atoms with Crippen molar-refractivity contribution < 1.29 is 8.78 Å². The van der Waals surface area contributed by atoms with E-state index in [1.165, 1.54) is 6.33 Å². The maximum absolute atomic E-state index is 12.5. The van der Waals surface area contributed by atoms with Gasteiger partial charge in [-0.05, 0) is 0 Å². The zero-order valence-corrected chi connectivity index (χ0v) is 6.94. The SMILES string of the molecule is NCC(F)(F)CNc1ncns1. The first kappa shape index (κ1) is 9.27. The number of halogens is 2. The highest BCUT2D eigenvalue weighted by Crippen LogP contribution is 2.13. The van der Waals surface area contributed by atoms with Crippen LogP contribution in [0.4, 0.5) is 13.9 Å². The summed E-state index contributed by atoms with van der Waals surface area (Å²) in [5, 5.41) is 2.81. The molecule has 0 radical (unpaired) electrons. The van der Waals surface area contributed by atoms with Crippen LogP contribution in [0.15, 0.2) is 6.33 Å². The molecule has 0 aliphatic rings. The second-order valence-electron chi connectivity index (χ2n) is 2.16. The highest BCUT2D eigenvalue weighted by Gasteiger charge is 2.26. The Balaban J connectivity index is 2.36. The van der Waals surface area contributed by atoms with Crippen molar-refractivity contribution in [2.75, 3.05) is 18.4 Å². The van der Waals surface area contributed by atoms with E-state index in [0.717, 1.165) is 11.5 Å². The van der Waals surface area contributed by atoms with Gasteiger partial charge in [0.05, 0.1) is 13.1 Å². The number of alkyl halides is 2. The molecule has 0 fully saturated rings. The second-order valence-corrected chi connectivity index (χ2v) is 2.94. The van der Waals surface area contributed by atoms with Crippen molar-refractivity contribution in [1.29, 1.82) is 0 Å². The fourth-order valence-corrected chi connectivity index (χ4v) is 0.953. The third-order valence-electron chi connectivity index (χ3n) is 1.16. The number of aromatic nitrogens is 2. The lowest BCUT2D eigenvalue weighted by atomic mass is 10.3. The van der Waals surface area contributed by atoms with Crippen LogP contribution < -0.4 is 11.1 Å². The molecule has 0 atom stereocenters. The molecule has 0 saturated heterocycles. The maximum Gasteiger partial charge on any atom is 0.276 e. The Hall–Kier alpha value is -0.820. The largest absolute Gasteiger partial charge is 0.354 e. The van der Waals surface area contributed by atoms with Gasteiger partial charge in [0, 0.05) is 11.5 Å². The molecule has 0 aliphatic heterocycles. The molecule has 0 unspecified atom stereocenters. The zero-order chi connectivity index (χ0) is 9.03. The quantitative estimate of drug-likeness (QED) is 0.734. The van der Waals surface area contributed by atoms with Gasteiger partial charge in [-0.15, -0.1) is 0 Å². The molecular weight excluding hydrogens is 186 g/mol. The molecule has 0 spiro atoms. The minimum Gasteiger partial charge on any atom is -0.354 e. The Kier molecular flexibility index (Phi) is 2.88. The predicted molar refractivity (Wildman–Crippen MR) is 42.4 cm³/mol. The van der Waals surface area contributed by atoms with E-state index in [2.05, 4.69) is 14.7 Å². The fourth-order valence-electron chi connectivity index (χ4n) is 0.528. The van der Waals surface area contributed by atoms with Gasteiger partial charge < -0.3 is 11.1 Å². The average Bonchev–Trinajstić information content (AvgIpc) is 2.53. The van der Waals surface area contributed by atoms with Gasteiger partial charge in [-0.25, -0.2) is 13.8 Å². The molecule has 1 heterocycles. The first-order valence-electron chi connectivity index (χ1n) is 3.22. The van der Waals surface area contributed by atoms with E-state index in [1.807, 2.05) is 0 Å². The zero-order valence-electron chi connectivity index (χ0n) is 6.13. The van der Waals surface area contributed by atoms with Gasteiger partial charge in [-0.3, -0.25) is 0 Å². The van der Waals surface area contributed by atoms with Gasteiger partial charge in [0.25, 0.3) is 5.92 Å². The summed E-state index contributed by atoms with van der Waals surface area (Å²) in [6.45, 7) is -1.17. The summed E-state index contributed by atoms with van der Waals surface area (Å²) >= 11 is 1.03. The summed E-state index contributed by atoms with van der Waals surface area (Å²) in [6, 6.07) is 0. The van der Waals surface area contributed by atoms with Crippen LogP contribution in [0.2, 0.25) is 0 Å². The molecule has 1 aromatic heterocycles. The summed E-state index contributed by atoms with van der Waals surface area (Å²) in [6.07, 6.45) is 1.30. The number of rotatable bonds is 4. The third-order valence-corrected chi connectivity index (χ3v) is 1.78. The lowest BCUT2D eigenvalue weighted by Crippen LogP contribution is -2.35. The maximum atomic E-state index is 12.5. The predicted octanol–water partition coefficient (Wildman–Crippen LogP) is 0.544. The number of nitrogens with two attached hydrogens (primary N) is 1. The molecule has 1 aromatic rings. The van der Waals surface area contributed by atoms with E-state index in [0.29, 0.717) is 5.13 Å². The van der Waals surface area contributed by atoms with E-state index in [1.54, 1.807) is 0 Å². The molecule has 3 N–H and O–H groups in total. The van der Waals surface area contributed by atoms with Crippen LogP contribution in [0.3, 0.4) is 0 Å².